The smallest absolute Gasteiger partial charge is 0.211 e. The zero-order chi connectivity index (χ0) is 24.7. The molecule has 36 heavy (non-hydrogen) atoms. The van der Waals surface area contributed by atoms with Crippen molar-refractivity contribution >= 4 is 48.3 Å². The molecular formula is C25H28N6O3S2. The largest absolute Gasteiger partial charge is 0.378 e. The van der Waals surface area contributed by atoms with Gasteiger partial charge in [0.1, 0.15) is 0 Å². The molecule has 0 N–H and O–H groups in total. The third kappa shape index (κ3) is 4.81. The molecule has 0 saturated carbocycles. The van der Waals surface area contributed by atoms with Crippen LogP contribution in [0.25, 0.3) is 32.5 Å². The summed E-state index contributed by atoms with van der Waals surface area (Å²) in [6, 6.07) is 12.3. The lowest BCUT2D eigenvalue weighted by atomic mass is 10.1. The highest BCUT2D eigenvalue weighted by Gasteiger charge is 2.25. The van der Waals surface area contributed by atoms with Crippen LogP contribution in [0.2, 0.25) is 0 Å². The molecule has 2 fully saturated rings. The average molecular weight is 525 g/mol. The van der Waals surface area contributed by atoms with E-state index < -0.39 is 10.0 Å². The Balaban J connectivity index is 1.34. The summed E-state index contributed by atoms with van der Waals surface area (Å²) >= 11 is 1.73. The molecule has 188 valence electrons. The van der Waals surface area contributed by atoms with Gasteiger partial charge in [-0.25, -0.2) is 18.4 Å². The van der Waals surface area contributed by atoms with Crippen LogP contribution in [0.4, 0.5) is 5.82 Å². The maximum absolute atomic E-state index is 11.9. The highest BCUT2D eigenvalue weighted by atomic mass is 32.2. The number of sulfonamides is 1. The van der Waals surface area contributed by atoms with Gasteiger partial charge in [0.25, 0.3) is 0 Å². The first-order valence-corrected chi connectivity index (χ1v) is 14.8. The summed E-state index contributed by atoms with van der Waals surface area (Å²) in [4.78, 5) is 20.4. The van der Waals surface area contributed by atoms with Crippen molar-refractivity contribution in [3.63, 3.8) is 0 Å². The number of benzene rings is 1. The molecule has 4 aromatic rings. The first kappa shape index (κ1) is 23.7. The highest BCUT2D eigenvalue weighted by molar-refractivity contribution is 7.88. The van der Waals surface area contributed by atoms with Crippen LogP contribution in [0.15, 0.2) is 42.6 Å². The Labute approximate surface area is 214 Å². The Hall–Kier alpha value is -2.70. The molecule has 2 aliphatic rings. The number of anilines is 1. The molecule has 0 radical (unpaired) electrons. The van der Waals surface area contributed by atoms with E-state index >= 15 is 0 Å². The average Bonchev–Trinajstić information content (AvgIpc) is 3.30. The van der Waals surface area contributed by atoms with E-state index in [0.29, 0.717) is 32.1 Å². The number of hydrogen-bond donors (Lipinski definition) is 0. The van der Waals surface area contributed by atoms with Gasteiger partial charge in [0.15, 0.2) is 11.6 Å². The Morgan fingerprint density at radius 2 is 1.75 bits per heavy atom. The quantitative estimate of drug-likeness (QED) is 0.394. The zero-order valence-electron chi connectivity index (χ0n) is 20.1. The molecule has 0 unspecified atom stereocenters. The second-order valence-corrected chi connectivity index (χ2v) is 12.4. The number of pyridine rings is 1. The number of para-hydroxylation sites is 1. The summed E-state index contributed by atoms with van der Waals surface area (Å²) in [5.41, 5.74) is 2.78. The molecule has 6 rings (SSSR count). The summed E-state index contributed by atoms with van der Waals surface area (Å²) in [6.07, 6.45) is 3.13. The van der Waals surface area contributed by atoms with E-state index in [9.17, 15) is 8.42 Å². The molecule has 0 amide bonds. The number of fused-ring (bicyclic) bond motifs is 2. The van der Waals surface area contributed by atoms with E-state index in [2.05, 4.69) is 33.0 Å². The summed E-state index contributed by atoms with van der Waals surface area (Å²) < 4.78 is 31.9. The van der Waals surface area contributed by atoms with Crippen LogP contribution >= 0.6 is 11.3 Å². The maximum Gasteiger partial charge on any atom is 0.211 e. The molecule has 0 spiro atoms. The van der Waals surface area contributed by atoms with E-state index in [1.54, 1.807) is 15.6 Å². The van der Waals surface area contributed by atoms with Crippen LogP contribution in [0.1, 0.15) is 4.88 Å². The van der Waals surface area contributed by atoms with Crippen molar-refractivity contribution in [1.82, 2.24) is 24.2 Å². The van der Waals surface area contributed by atoms with Crippen molar-refractivity contribution in [1.29, 1.82) is 0 Å². The number of aromatic nitrogens is 3. The third-order valence-electron chi connectivity index (χ3n) is 6.74. The van der Waals surface area contributed by atoms with E-state index in [1.165, 1.54) is 11.1 Å². The van der Waals surface area contributed by atoms with Crippen molar-refractivity contribution in [2.24, 2.45) is 0 Å². The topological polar surface area (TPSA) is 91.8 Å². The maximum atomic E-state index is 11.9. The Morgan fingerprint density at radius 1 is 0.972 bits per heavy atom. The van der Waals surface area contributed by atoms with Crippen molar-refractivity contribution in [2.45, 2.75) is 6.54 Å². The second-order valence-electron chi connectivity index (χ2n) is 9.25. The third-order valence-corrected chi connectivity index (χ3v) is 9.15. The van der Waals surface area contributed by atoms with Crippen LogP contribution in [-0.2, 0) is 21.3 Å². The van der Waals surface area contributed by atoms with Gasteiger partial charge in [-0.1, -0.05) is 18.2 Å². The molecule has 0 bridgehead atoms. The number of ether oxygens (including phenoxy) is 1. The molecule has 11 heteroatoms. The van der Waals surface area contributed by atoms with Gasteiger partial charge in [-0.3, -0.25) is 9.88 Å². The van der Waals surface area contributed by atoms with Gasteiger partial charge in [-0.05, 0) is 18.2 Å². The summed E-state index contributed by atoms with van der Waals surface area (Å²) in [5.74, 6) is 1.62. The number of piperazine rings is 1. The van der Waals surface area contributed by atoms with Gasteiger partial charge in [0.2, 0.25) is 10.0 Å². The van der Waals surface area contributed by atoms with Crippen LogP contribution in [0, 0.1) is 0 Å². The van der Waals surface area contributed by atoms with Gasteiger partial charge in [0.05, 0.1) is 35.2 Å². The first-order chi connectivity index (χ1) is 17.4. The fourth-order valence-electron chi connectivity index (χ4n) is 4.79. The number of rotatable bonds is 5. The van der Waals surface area contributed by atoms with Crippen LogP contribution in [0.5, 0.6) is 0 Å². The predicted molar refractivity (Wildman–Crippen MR) is 143 cm³/mol. The lowest BCUT2D eigenvalue weighted by Crippen LogP contribution is -2.47. The number of hydrogen-bond acceptors (Lipinski definition) is 9. The van der Waals surface area contributed by atoms with Crippen LogP contribution < -0.4 is 4.90 Å². The number of morpholine rings is 1. The summed E-state index contributed by atoms with van der Waals surface area (Å²) in [5, 5.41) is 1.06. The standard InChI is InChI=1S/C25H28N6O3S2/c1-36(32,33)31-8-6-29(7-9-31)17-20-15-22-23(35-20)25(30-10-12-34-13-11-30)28-24(27-22)19-14-18-4-2-3-5-21(18)26-16-19/h2-5,14-16H,6-13,17H2,1H3. The van der Waals surface area contributed by atoms with E-state index in [-0.39, 0.29) is 0 Å². The van der Waals surface area contributed by atoms with Crippen molar-refractivity contribution in [3.05, 3.63) is 47.5 Å². The van der Waals surface area contributed by atoms with Gasteiger partial charge in [-0.15, -0.1) is 11.3 Å². The summed E-state index contributed by atoms with van der Waals surface area (Å²) in [6.45, 7) is 6.22. The molecule has 0 aliphatic carbocycles. The summed E-state index contributed by atoms with van der Waals surface area (Å²) in [7, 11) is -3.14. The minimum atomic E-state index is -3.14. The minimum Gasteiger partial charge on any atom is -0.378 e. The zero-order valence-corrected chi connectivity index (χ0v) is 21.8. The van der Waals surface area contributed by atoms with Gasteiger partial charge in [-0.2, -0.15) is 4.31 Å². The molecule has 2 aliphatic heterocycles. The normalized spacial score (nSPS) is 18.3. The van der Waals surface area contributed by atoms with Crippen LogP contribution in [-0.4, -0.2) is 91.3 Å². The van der Waals surface area contributed by atoms with Crippen LogP contribution in [0.3, 0.4) is 0 Å². The van der Waals surface area contributed by atoms with E-state index in [0.717, 1.165) is 65.2 Å². The molecule has 5 heterocycles. The lowest BCUT2D eigenvalue weighted by molar-refractivity contribution is 0.122. The van der Waals surface area contributed by atoms with Crippen molar-refractivity contribution in [2.75, 3.05) is 63.6 Å². The van der Waals surface area contributed by atoms with Crippen molar-refractivity contribution in [3.8, 4) is 11.4 Å². The Morgan fingerprint density at radius 3 is 2.53 bits per heavy atom. The fraction of sp³-hybridized carbons (Fsp3) is 0.400. The molecule has 9 nitrogen and oxygen atoms in total. The molecule has 2 saturated heterocycles. The van der Waals surface area contributed by atoms with Gasteiger partial charge >= 0.3 is 0 Å². The number of nitrogens with zero attached hydrogens (tertiary/aromatic N) is 6. The molecule has 1 aromatic carbocycles. The van der Waals surface area contributed by atoms with E-state index in [4.69, 9.17) is 14.7 Å². The van der Waals surface area contributed by atoms with E-state index in [1.807, 2.05) is 24.4 Å². The van der Waals surface area contributed by atoms with Gasteiger partial charge in [0, 0.05) is 67.8 Å². The molecule has 3 aromatic heterocycles. The predicted octanol–water partition coefficient (Wildman–Crippen LogP) is 2.82. The number of thiophene rings is 1. The second kappa shape index (κ2) is 9.64. The van der Waals surface area contributed by atoms with Gasteiger partial charge < -0.3 is 9.64 Å². The highest BCUT2D eigenvalue weighted by Crippen LogP contribution is 2.35. The lowest BCUT2D eigenvalue weighted by Gasteiger charge is -2.32. The van der Waals surface area contributed by atoms with Crippen molar-refractivity contribution < 1.29 is 13.2 Å². The minimum absolute atomic E-state index is 0.529. The molecule has 0 atom stereocenters. The SMILES string of the molecule is CS(=O)(=O)N1CCN(Cc2cc3nc(-c4cnc5ccccc5c4)nc(N4CCOCC4)c3s2)CC1. The Kier molecular flexibility index (Phi) is 6.34. The fourth-order valence-corrected chi connectivity index (χ4v) is 6.78. The monoisotopic (exact) mass is 524 g/mol. The Bertz CT molecular complexity index is 1510. The first-order valence-electron chi connectivity index (χ1n) is 12.1. The molecular weight excluding hydrogens is 496 g/mol.